The van der Waals surface area contributed by atoms with Crippen LogP contribution in [-0.2, 0) is 11.2 Å². The van der Waals surface area contributed by atoms with E-state index in [1.807, 2.05) is 0 Å². The molecule has 3 aliphatic heterocycles. The third kappa shape index (κ3) is 7.78. The minimum Gasteiger partial charge on any atom is -0.534 e. The first-order chi connectivity index (χ1) is 26.0. The summed E-state index contributed by atoms with van der Waals surface area (Å²) in [6.45, 7) is 0.248. The predicted molar refractivity (Wildman–Crippen MR) is 184 cm³/mol. The van der Waals surface area contributed by atoms with Crippen molar-refractivity contribution in [1.82, 2.24) is 25.3 Å². The predicted octanol–water partition coefficient (Wildman–Crippen LogP) is 2.90. The second-order valence-electron chi connectivity index (χ2n) is 12.9. The number of nitrogens with zero attached hydrogens (tertiary/aromatic N) is 3. The summed E-state index contributed by atoms with van der Waals surface area (Å²) in [5.74, 6) is -10.8. The van der Waals surface area contributed by atoms with Crippen LogP contribution in [0.1, 0.15) is 40.4 Å². The molecule has 0 radical (unpaired) electrons. The number of rotatable bonds is 7. The smallest absolute Gasteiger partial charge is 0.534 e. The molecule has 3 aromatic rings. The average molecular weight is 791 g/mol. The highest BCUT2D eigenvalue weighted by Crippen LogP contribution is 2.41. The number of likely N-dealkylation sites (tertiary alicyclic amines) is 1. The summed E-state index contributed by atoms with van der Waals surface area (Å²) >= 11 is 6.18. The largest absolute Gasteiger partial charge is 0.547 e. The lowest BCUT2D eigenvalue weighted by atomic mass is 9.72. The zero-order chi connectivity index (χ0) is 39.9. The van der Waals surface area contributed by atoms with Crippen molar-refractivity contribution in [3.05, 3.63) is 75.6 Å². The van der Waals surface area contributed by atoms with Crippen molar-refractivity contribution in [1.29, 1.82) is 0 Å². The van der Waals surface area contributed by atoms with Crippen molar-refractivity contribution < 1.29 is 67.2 Å². The Bertz CT molecular complexity index is 2070. The van der Waals surface area contributed by atoms with E-state index in [1.165, 1.54) is 21.9 Å². The van der Waals surface area contributed by atoms with Crippen LogP contribution in [0.2, 0.25) is 5.02 Å². The molecule has 17 nitrogen and oxygen atoms in total. The summed E-state index contributed by atoms with van der Waals surface area (Å²) in [5, 5.41) is 56.2. The Labute approximate surface area is 314 Å². The van der Waals surface area contributed by atoms with Crippen LogP contribution in [0.5, 0.6) is 23.0 Å². The number of urea groups is 3. The Morgan fingerprint density at radius 3 is 2.31 bits per heavy atom. The molecule has 7 amide bonds. The van der Waals surface area contributed by atoms with Crippen LogP contribution >= 0.6 is 11.6 Å². The molecule has 0 aromatic heterocycles. The van der Waals surface area contributed by atoms with Crippen LogP contribution in [0, 0.1) is 17.5 Å². The van der Waals surface area contributed by atoms with Crippen molar-refractivity contribution in [3.63, 3.8) is 0 Å². The third-order valence-electron chi connectivity index (χ3n) is 9.40. The Morgan fingerprint density at radius 1 is 0.927 bits per heavy atom. The van der Waals surface area contributed by atoms with Gasteiger partial charge in [-0.1, -0.05) is 17.7 Å². The van der Waals surface area contributed by atoms with Crippen molar-refractivity contribution >= 4 is 54.4 Å². The van der Waals surface area contributed by atoms with E-state index in [0.29, 0.717) is 18.9 Å². The summed E-state index contributed by atoms with van der Waals surface area (Å²) in [4.78, 5) is 68.9. The van der Waals surface area contributed by atoms with Crippen LogP contribution in [0.15, 0.2) is 36.4 Å². The second-order valence-corrected chi connectivity index (χ2v) is 13.2. The highest BCUT2D eigenvalue weighted by Gasteiger charge is 2.43. The zero-order valence-corrected chi connectivity index (χ0v) is 29.0. The molecule has 3 aromatic carbocycles. The van der Waals surface area contributed by atoms with Crippen LogP contribution < -0.4 is 20.6 Å². The number of phenolic OH excluding ortho intramolecular Hbond substituents is 3. The molecule has 2 fully saturated rings. The van der Waals surface area contributed by atoms with Crippen LogP contribution in [-0.4, -0.2) is 115 Å². The summed E-state index contributed by atoms with van der Waals surface area (Å²) in [6.07, 6.45) is 0.289. The Morgan fingerprint density at radius 2 is 1.64 bits per heavy atom. The fraction of sp³-hybridized carbons (Fsp3) is 0.303. The fourth-order valence-electron chi connectivity index (χ4n) is 6.65. The third-order valence-corrected chi connectivity index (χ3v) is 9.80. The molecule has 0 saturated carbocycles. The van der Waals surface area contributed by atoms with Crippen LogP contribution in [0.4, 0.5) is 33.2 Å². The maximum Gasteiger partial charge on any atom is 0.547 e. The zero-order valence-electron chi connectivity index (χ0n) is 28.3. The van der Waals surface area contributed by atoms with Gasteiger partial charge >= 0.3 is 31.2 Å². The van der Waals surface area contributed by atoms with E-state index >= 15 is 0 Å². The van der Waals surface area contributed by atoms with Gasteiger partial charge < -0.3 is 55.9 Å². The number of fused-ring (bicyclic) bond motifs is 1. The highest BCUT2D eigenvalue weighted by molar-refractivity contribution is 6.47. The number of nitrogens with one attached hydrogen (secondary N) is 3. The molecule has 290 valence electrons. The van der Waals surface area contributed by atoms with E-state index in [1.54, 1.807) is 0 Å². The molecule has 0 unspecified atom stereocenters. The molecule has 22 heteroatoms. The minimum atomic E-state index is -1.99. The number of amides is 7. The molecule has 6 rings (SSSR count). The standard InChI is InChI=1S/C33H31BClF3N6O11/c35-24-19(13-21(38)26(46)27(24)47)25(29(48)40-22-9-14-1-2-20(37)23(30(49)50)28(14)55-34(22)54)41-32(52)44-8-7-43(33(44)53)17-3-5-42(6-4-17)31(51)39-16-10-15(36)11-18(45)12-16/h1-2,10-13,17,22,25,45-47,54H,3-9H2,(H,39,51)(H,40,48)(H,41,52)(H,49,50)/t22-,25+/m0/s1. The SMILES string of the molecule is O=C(O)c1c(F)ccc2c1OB(O)[C@@H](NC(=O)[C@H](NC(=O)N1CCN(C3CCN(C(=O)Nc4cc(O)cc(F)c4)CC3)C1=O)c1cc(F)c(O)c(O)c1Cl)C2. The fourth-order valence-corrected chi connectivity index (χ4v) is 6.91. The average Bonchev–Trinajstić information content (AvgIpc) is 3.52. The number of phenols is 3. The van der Waals surface area contributed by atoms with Gasteiger partial charge in [0.2, 0.25) is 5.91 Å². The number of anilines is 1. The first-order valence-corrected chi connectivity index (χ1v) is 17.0. The molecule has 0 bridgehead atoms. The maximum absolute atomic E-state index is 14.7. The second kappa shape index (κ2) is 15.3. The number of imide groups is 1. The molecule has 3 heterocycles. The number of hydrogen-bond donors (Lipinski definition) is 8. The van der Waals surface area contributed by atoms with Gasteiger partial charge in [0.1, 0.15) is 34.7 Å². The van der Waals surface area contributed by atoms with Crippen molar-refractivity contribution in [3.8, 4) is 23.0 Å². The van der Waals surface area contributed by atoms with E-state index in [4.69, 9.17) is 16.3 Å². The van der Waals surface area contributed by atoms with Gasteiger partial charge in [-0.25, -0.2) is 37.2 Å². The number of aromatic hydroxyl groups is 3. The lowest BCUT2D eigenvalue weighted by molar-refractivity contribution is -0.123. The summed E-state index contributed by atoms with van der Waals surface area (Å²) in [7, 11) is -1.95. The number of carbonyl (C=O) groups excluding carboxylic acids is 4. The number of benzene rings is 3. The number of halogens is 4. The van der Waals surface area contributed by atoms with Crippen molar-refractivity contribution in [2.24, 2.45) is 0 Å². The topological polar surface area (TPSA) is 242 Å². The highest BCUT2D eigenvalue weighted by atomic mass is 35.5. The Kier molecular flexibility index (Phi) is 10.8. The van der Waals surface area contributed by atoms with Gasteiger partial charge in [-0.3, -0.25) is 4.79 Å². The van der Waals surface area contributed by atoms with Gasteiger partial charge in [0.05, 0.1) is 11.0 Å². The van der Waals surface area contributed by atoms with E-state index in [-0.39, 0.29) is 49.6 Å². The minimum absolute atomic E-state index is 0.0409. The van der Waals surface area contributed by atoms with Crippen LogP contribution in [0.3, 0.4) is 0 Å². The van der Waals surface area contributed by atoms with E-state index in [2.05, 4.69) is 16.0 Å². The molecular formula is C33H31BClF3N6O11. The summed E-state index contributed by atoms with van der Waals surface area (Å²) in [5.41, 5.74) is -1.29. The number of carbonyl (C=O) groups is 5. The van der Waals surface area contributed by atoms with Gasteiger partial charge in [0.15, 0.2) is 17.3 Å². The quantitative estimate of drug-likeness (QED) is 0.128. The van der Waals surface area contributed by atoms with Gasteiger partial charge in [0, 0.05) is 55.6 Å². The number of carboxylic acids is 1. The monoisotopic (exact) mass is 790 g/mol. The lowest BCUT2D eigenvalue weighted by Gasteiger charge is -2.36. The number of carboxylic acid groups (broad SMARTS) is 1. The first-order valence-electron chi connectivity index (χ1n) is 16.6. The Hall–Kier alpha value is -6.09. The van der Waals surface area contributed by atoms with E-state index in [0.717, 1.165) is 23.1 Å². The molecule has 2 saturated heterocycles. The van der Waals surface area contributed by atoms with Crippen LogP contribution in [0.25, 0.3) is 0 Å². The Balaban J connectivity index is 1.15. The first kappa shape index (κ1) is 38.6. The molecular weight excluding hydrogens is 760 g/mol. The lowest BCUT2D eigenvalue weighted by Crippen LogP contribution is -2.56. The summed E-state index contributed by atoms with van der Waals surface area (Å²) in [6, 6.07) is 0.782. The van der Waals surface area contributed by atoms with Gasteiger partial charge in [-0.05, 0) is 43.0 Å². The van der Waals surface area contributed by atoms with Crippen molar-refractivity contribution in [2.45, 2.75) is 37.3 Å². The number of aromatic carboxylic acids is 1. The van der Waals surface area contributed by atoms with Gasteiger partial charge in [0.25, 0.3) is 0 Å². The normalized spacial score (nSPS) is 17.7. The molecule has 55 heavy (non-hydrogen) atoms. The van der Waals surface area contributed by atoms with Gasteiger partial charge in [-0.2, -0.15) is 0 Å². The number of piperidine rings is 1. The molecule has 8 N–H and O–H groups in total. The van der Waals surface area contributed by atoms with E-state index in [9.17, 15) is 62.6 Å². The number of hydrogen-bond acceptors (Lipinski definition) is 10. The molecule has 0 spiro atoms. The molecule has 3 aliphatic rings. The molecule has 2 atom stereocenters. The maximum atomic E-state index is 14.7. The van der Waals surface area contributed by atoms with Crippen molar-refractivity contribution in [2.75, 3.05) is 31.5 Å². The van der Waals surface area contributed by atoms with E-state index < -0.39 is 106 Å². The molecule has 0 aliphatic carbocycles. The summed E-state index contributed by atoms with van der Waals surface area (Å²) < 4.78 is 47.8. The van der Waals surface area contributed by atoms with Gasteiger partial charge in [-0.15, -0.1) is 0 Å².